The maximum atomic E-state index is 12.5. The monoisotopic (exact) mass is 373 g/mol. The maximum absolute atomic E-state index is 12.5. The van der Waals surface area contributed by atoms with E-state index in [1.807, 2.05) is 0 Å². The van der Waals surface area contributed by atoms with Gasteiger partial charge in [-0.05, 0) is 44.7 Å². The third-order valence-electron chi connectivity index (χ3n) is 5.25. The number of Topliss-reactive ketones (excluding diaryl/α,β-unsaturated/α-hetero) is 3. The van der Waals surface area contributed by atoms with Gasteiger partial charge in [-0.2, -0.15) is 0 Å². The molecule has 144 valence electrons. The molecule has 1 atom stereocenters. The van der Waals surface area contributed by atoms with Crippen molar-refractivity contribution in [3.8, 4) is 0 Å². The summed E-state index contributed by atoms with van der Waals surface area (Å²) in [5.74, 6) is -1.98. The fraction of sp³-hybridized carbons (Fsp3) is 0.450. The number of allylic oxidation sites excluding steroid dienone is 2. The van der Waals surface area contributed by atoms with E-state index in [4.69, 9.17) is 0 Å². The summed E-state index contributed by atoms with van der Waals surface area (Å²) in [6, 6.07) is 0. The number of ketones is 3. The van der Waals surface area contributed by atoms with Crippen LogP contribution in [0.25, 0.3) is 0 Å². The van der Waals surface area contributed by atoms with Gasteiger partial charge in [0.2, 0.25) is 0 Å². The second-order valence-electron chi connectivity index (χ2n) is 6.95. The molecule has 0 radical (unpaired) electrons. The maximum Gasteiger partial charge on any atom is 0.276 e. The number of hydrogen-bond donors (Lipinski definition) is 1. The molecule has 0 fully saturated rings. The zero-order chi connectivity index (χ0) is 20.6. The quantitative estimate of drug-likeness (QED) is 0.361. The summed E-state index contributed by atoms with van der Waals surface area (Å²) in [4.78, 5) is 47.6. The van der Waals surface area contributed by atoms with Crippen LogP contribution in [0, 0.1) is 30.9 Å². The summed E-state index contributed by atoms with van der Waals surface area (Å²) >= 11 is 0. The number of aliphatic hydroxyl groups is 1. The van der Waals surface area contributed by atoms with Crippen molar-refractivity contribution in [3.05, 3.63) is 49.3 Å². The van der Waals surface area contributed by atoms with Crippen molar-refractivity contribution in [3.63, 3.8) is 0 Å². The second kappa shape index (κ2) is 7.42. The molecular formula is C20H23NO6. The minimum absolute atomic E-state index is 0.0338. The Morgan fingerprint density at radius 1 is 1.15 bits per heavy atom. The highest BCUT2D eigenvalue weighted by molar-refractivity contribution is 6.21. The predicted octanol–water partition coefficient (Wildman–Crippen LogP) is 3.96. The zero-order valence-corrected chi connectivity index (χ0v) is 16.1. The van der Waals surface area contributed by atoms with Crippen molar-refractivity contribution < 1.29 is 24.4 Å². The van der Waals surface area contributed by atoms with E-state index in [1.54, 1.807) is 27.7 Å². The van der Waals surface area contributed by atoms with Crippen molar-refractivity contribution in [2.45, 2.75) is 59.8 Å². The highest BCUT2D eigenvalue weighted by Gasteiger charge is 2.36. The number of aliphatic hydroxyl groups excluding tert-OH is 1. The molecule has 1 unspecified atom stereocenters. The number of nitro groups is 1. The van der Waals surface area contributed by atoms with Crippen LogP contribution in [0.5, 0.6) is 0 Å². The molecule has 0 aromatic heterocycles. The molecule has 0 aliphatic heterocycles. The van der Waals surface area contributed by atoms with E-state index in [0.29, 0.717) is 22.3 Å². The molecule has 1 aromatic rings. The number of nitro benzene ring substituents is 1. The summed E-state index contributed by atoms with van der Waals surface area (Å²) < 4.78 is 0. The Bertz CT molecular complexity index is 869. The van der Waals surface area contributed by atoms with Gasteiger partial charge in [0.1, 0.15) is 5.76 Å². The molecule has 0 amide bonds. The number of hydrogen-bond acceptors (Lipinski definition) is 6. The minimum atomic E-state index is -0.525. The molecule has 1 aromatic carbocycles. The Balaban J connectivity index is 2.72. The van der Waals surface area contributed by atoms with Crippen molar-refractivity contribution >= 4 is 23.0 Å². The summed E-state index contributed by atoms with van der Waals surface area (Å²) in [6.07, 6.45) is 0.106. The largest absolute Gasteiger partial charge is 0.511 e. The highest BCUT2D eigenvalue weighted by Crippen LogP contribution is 2.42. The van der Waals surface area contributed by atoms with Gasteiger partial charge in [-0.25, -0.2) is 0 Å². The molecule has 0 spiro atoms. The van der Waals surface area contributed by atoms with E-state index >= 15 is 0 Å². The molecule has 2 rings (SSSR count). The molecule has 0 saturated carbocycles. The minimum Gasteiger partial charge on any atom is -0.511 e. The van der Waals surface area contributed by atoms with E-state index in [2.05, 4.69) is 0 Å². The number of nitrogens with zero attached hydrogens (tertiary/aromatic N) is 1. The molecule has 0 bridgehead atoms. The molecule has 1 aliphatic carbocycles. The normalized spacial score (nSPS) is 17.2. The van der Waals surface area contributed by atoms with Crippen molar-refractivity contribution in [2.24, 2.45) is 0 Å². The molecule has 0 saturated heterocycles. The number of rotatable bonds is 5. The number of carbonyl (C=O) groups excluding carboxylic acids is 3. The molecule has 27 heavy (non-hydrogen) atoms. The van der Waals surface area contributed by atoms with Crippen molar-refractivity contribution in [2.75, 3.05) is 0 Å². The van der Waals surface area contributed by atoms with Gasteiger partial charge < -0.3 is 5.11 Å². The lowest BCUT2D eigenvalue weighted by Gasteiger charge is -2.27. The Morgan fingerprint density at radius 3 is 2.19 bits per heavy atom. The Labute approximate surface area is 157 Å². The first-order valence-corrected chi connectivity index (χ1v) is 8.80. The first kappa shape index (κ1) is 20.5. The van der Waals surface area contributed by atoms with Gasteiger partial charge in [-0.15, -0.1) is 0 Å². The number of carbonyl (C=O) groups is 3. The Hall–Kier alpha value is -2.83. The van der Waals surface area contributed by atoms with E-state index < -0.39 is 22.4 Å². The molecule has 0 heterocycles. The topological polar surface area (TPSA) is 115 Å². The van der Waals surface area contributed by atoms with Gasteiger partial charge in [-0.3, -0.25) is 24.5 Å². The van der Waals surface area contributed by atoms with E-state index in [0.717, 1.165) is 0 Å². The van der Waals surface area contributed by atoms with Crippen LogP contribution < -0.4 is 0 Å². The fourth-order valence-corrected chi connectivity index (χ4v) is 4.23. The van der Waals surface area contributed by atoms with Gasteiger partial charge in [0, 0.05) is 36.0 Å². The van der Waals surface area contributed by atoms with Crippen LogP contribution in [0.15, 0.2) is 11.3 Å². The summed E-state index contributed by atoms with van der Waals surface area (Å²) in [7, 11) is 0. The summed E-state index contributed by atoms with van der Waals surface area (Å²) in [5, 5.41) is 21.9. The van der Waals surface area contributed by atoms with Crippen LogP contribution >= 0.6 is 0 Å². The van der Waals surface area contributed by atoms with Crippen LogP contribution in [-0.4, -0.2) is 27.4 Å². The second-order valence-corrected chi connectivity index (χ2v) is 6.95. The summed E-state index contributed by atoms with van der Waals surface area (Å²) in [6.45, 7) is 7.79. The molecule has 1 N–H and O–H groups in total. The van der Waals surface area contributed by atoms with Gasteiger partial charge in [-0.1, -0.05) is 6.92 Å². The van der Waals surface area contributed by atoms with Crippen LogP contribution in [0.4, 0.5) is 5.69 Å². The predicted molar refractivity (Wildman–Crippen MR) is 99.2 cm³/mol. The fourth-order valence-electron chi connectivity index (χ4n) is 4.23. The van der Waals surface area contributed by atoms with Crippen LogP contribution in [0.1, 0.15) is 71.6 Å². The van der Waals surface area contributed by atoms with Crippen molar-refractivity contribution in [1.82, 2.24) is 0 Å². The van der Waals surface area contributed by atoms with Crippen LogP contribution in [0.2, 0.25) is 0 Å². The lowest BCUT2D eigenvalue weighted by Crippen LogP contribution is -2.25. The third kappa shape index (κ3) is 3.41. The first-order chi connectivity index (χ1) is 12.5. The van der Waals surface area contributed by atoms with Gasteiger partial charge in [0.05, 0.1) is 10.5 Å². The van der Waals surface area contributed by atoms with E-state index in [9.17, 15) is 29.6 Å². The zero-order valence-electron chi connectivity index (χ0n) is 16.1. The molecule has 1 aliphatic rings. The smallest absolute Gasteiger partial charge is 0.276 e. The van der Waals surface area contributed by atoms with Crippen LogP contribution in [0.3, 0.4) is 0 Å². The highest BCUT2D eigenvalue weighted by atomic mass is 16.6. The number of benzene rings is 1. The molecule has 7 heteroatoms. The Morgan fingerprint density at radius 2 is 1.74 bits per heavy atom. The van der Waals surface area contributed by atoms with Crippen molar-refractivity contribution in [1.29, 1.82) is 0 Å². The van der Waals surface area contributed by atoms with Gasteiger partial charge >= 0.3 is 0 Å². The average Bonchev–Trinajstić information content (AvgIpc) is 2.52. The van der Waals surface area contributed by atoms with Gasteiger partial charge in [0.25, 0.3) is 5.69 Å². The lowest BCUT2D eigenvalue weighted by atomic mass is 9.76. The Kier molecular flexibility index (Phi) is 5.63. The summed E-state index contributed by atoms with van der Waals surface area (Å²) in [5.41, 5.74) is 1.75. The standard InChI is InChI=1S/C20H23NO6/c1-6-14(23)19-15(24)7-13(8-16(19)25)18-9(2)17(12(5)22)10(3)20(11(18)4)21(26)27/h13,24H,6-8H2,1-5H3. The van der Waals surface area contributed by atoms with Crippen LogP contribution in [-0.2, 0) is 9.59 Å². The van der Waals surface area contributed by atoms with Gasteiger partial charge in [0.15, 0.2) is 17.3 Å². The molecule has 7 nitrogen and oxygen atoms in total. The average molecular weight is 373 g/mol. The SMILES string of the molecule is CCC(=O)C1=C(O)CC(c2c(C)c(C(C)=O)c(C)c([N+](=O)[O-])c2C)CC1=O. The first-order valence-electron chi connectivity index (χ1n) is 8.80. The van der Waals surface area contributed by atoms with E-state index in [-0.39, 0.29) is 47.6 Å². The molecular weight excluding hydrogens is 350 g/mol. The third-order valence-corrected chi connectivity index (χ3v) is 5.25. The lowest BCUT2D eigenvalue weighted by molar-refractivity contribution is -0.386. The van der Waals surface area contributed by atoms with E-state index in [1.165, 1.54) is 6.92 Å².